The molecule has 0 spiro atoms. The molecule has 1 aromatic carbocycles. The predicted octanol–water partition coefficient (Wildman–Crippen LogP) is 4.11. The number of amides is 1. The topological polar surface area (TPSA) is 65.7 Å². The van der Waals surface area contributed by atoms with Gasteiger partial charge in [-0.05, 0) is 49.6 Å². The monoisotopic (exact) mass is 424 g/mol. The normalized spacial score (nSPS) is 20.0. The Kier molecular flexibility index (Phi) is 6.88. The second kappa shape index (κ2) is 9.22. The number of carbonyl (C=O) groups is 1. The molecule has 0 radical (unpaired) electrons. The lowest BCUT2D eigenvalue weighted by atomic mass is 9.95. The Labute approximate surface area is 173 Å². The number of hydrogen-bond donors (Lipinski definition) is 2. The number of halogens is 3. The second-order valence-electron chi connectivity index (χ2n) is 7.87. The number of furan rings is 1. The number of aliphatic hydroxyl groups is 1. The van der Waals surface area contributed by atoms with Gasteiger partial charge in [0.1, 0.15) is 5.76 Å². The fraction of sp³-hybridized carbons (Fsp3) is 0.500. The van der Waals surface area contributed by atoms with Crippen molar-refractivity contribution in [3.63, 3.8) is 0 Å². The number of nitrogens with one attached hydrogen (secondary N) is 1. The molecular weight excluding hydrogens is 397 g/mol. The summed E-state index contributed by atoms with van der Waals surface area (Å²) in [5.41, 5.74) is -1.50. The number of nitrogens with zero attached hydrogens (tertiary/aromatic N) is 1. The quantitative estimate of drug-likeness (QED) is 0.702. The number of carbonyl (C=O) groups excluding carboxylic acids is 1. The van der Waals surface area contributed by atoms with Gasteiger partial charge < -0.3 is 14.8 Å². The molecule has 1 aromatic heterocycles. The van der Waals surface area contributed by atoms with Crippen molar-refractivity contribution < 1.29 is 27.5 Å². The van der Waals surface area contributed by atoms with Crippen LogP contribution in [0, 0.1) is 0 Å². The maximum absolute atomic E-state index is 13.5. The molecule has 0 bridgehead atoms. The van der Waals surface area contributed by atoms with Gasteiger partial charge >= 0.3 is 6.18 Å². The number of hydrogen-bond acceptors (Lipinski definition) is 4. The van der Waals surface area contributed by atoms with Crippen LogP contribution >= 0.6 is 0 Å². The SMILES string of the molecule is C[C@H]1CCCCN1Cc1ccccc1CNC(=O)C[C@](O)(c1ccco1)C(F)(F)F. The molecule has 30 heavy (non-hydrogen) atoms. The van der Waals surface area contributed by atoms with Crippen molar-refractivity contribution in [1.29, 1.82) is 0 Å². The number of likely N-dealkylation sites (tertiary alicyclic amines) is 1. The molecule has 3 rings (SSSR count). The summed E-state index contributed by atoms with van der Waals surface area (Å²) < 4.78 is 45.1. The standard InChI is InChI=1S/C22H27F3N2O3/c1-16-7-4-5-11-27(16)15-18-9-3-2-8-17(18)14-26-20(28)13-21(29,22(23,24)25)19-10-6-12-30-19/h2-3,6,8-10,12,16,29H,4-5,7,11,13-15H2,1H3,(H,26,28)/t16-,21-/m0/s1. The number of rotatable bonds is 7. The molecule has 2 N–H and O–H groups in total. The van der Waals surface area contributed by atoms with E-state index in [0.29, 0.717) is 6.04 Å². The van der Waals surface area contributed by atoms with E-state index in [1.807, 2.05) is 24.3 Å². The zero-order chi connectivity index (χ0) is 21.8. The van der Waals surface area contributed by atoms with Crippen LogP contribution in [0.2, 0.25) is 0 Å². The molecule has 1 aliphatic rings. The fourth-order valence-electron chi connectivity index (χ4n) is 3.83. The minimum atomic E-state index is -5.05. The lowest BCUT2D eigenvalue weighted by Gasteiger charge is -2.33. The van der Waals surface area contributed by atoms with E-state index in [9.17, 15) is 23.1 Å². The summed E-state index contributed by atoms with van der Waals surface area (Å²) in [7, 11) is 0. The lowest BCUT2D eigenvalue weighted by molar-refractivity contribution is -0.273. The Morgan fingerprint density at radius 1 is 1.20 bits per heavy atom. The summed E-state index contributed by atoms with van der Waals surface area (Å²) >= 11 is 0. The minimum Gasteiger partial charge on any atom is -0.466 e. The molecule has 2 heterocycles. The van der Waals surface area contributed by atoms with Crippen molar-refractivity contribution in [1.82, 2.24) is 10.2 Å². The third-order valence-electron chi connectivity index (χ3n) is 5.72. The lowest BCUT2D eigenvalue weighted by Crippen LogP contribution is -2.46. The van der Waals surface area contributed by atoms with Gasteiger partial charge in [0.2, 0.25) is 11.5 Å². The van der Waals surface area contributed by atoms with Crippen molar-refractivity contribution in [2.75, 3.05) is 6.54 Å². The molecule has 8 heteroatoms. The minimum absolute atomic E-state index is 0.0866. The third kappa shape index (κ3) is 5.05. The van der Waals surface area contributed by atoms with Crippen molar-refractivity contribution >= 4 is 5.91 Å². The van der Waals surface area contributed by atoms with E-state index in [1.165, 1.54) is 12.5 Å². The van der Waals surface area contributed by atoms with Crippen molar-refractivity contribution in [2.45, 2.75) is 63.5 Å². The zero-order valence-corrected chi connectivity index (χ0v) is 16.9. The van der Waals surface area contributed by atoms with Gasteiger partial charge in [-0.3, -0.25) is 9.69 Å². The molecule has 2 aromatic rings. The highest BCUT2D eigenvalue weighted by molar-refractivity contribution is 5.77. The van der Waals surface area contributed by atoms with E-state index in [2.05, 4.69) is 17.1 Å². The van der Waals surface area contributed by atoms with Crippen LogP contribution in [0.3, 0.4) is 0 Å². The van der Waals surface area contributed by atoms with Crippen LogP contribution in [-0.2, 0) is 23.5 Å². The molecule has 1 amide bonds. The fourth-order valence-corrected chi connectivity index (χ4v) is 3.83. The van der Waals surface area contributed by atoms with Crippen molar-refractivity contribution in [3.8, 4) is 0 Å². The Bertz CT molecular complexity index is 838. The van der Waals surface area contributed by atoms with Crippen molar-refractivity contribution in [2.24, 2.45) is 0 Å². The number of alkyl halides is 3. The smallest absolute Gasteiger partial charge is 0.425 e. The highest BCUT2D eigenvalue weighted by Crippen LogP contribution is 2.41. The van der Waals surface area contributed by atoms with Crippen LogP contribution in [0.5, 0.6) is 0 Å². The van der Waals surface area contributed by atoms with Crippen LogP contribution in [0.25, 0.3) is 0 Å². The maximum atomic E-state index is 13.5. The van der Waals surface area contributed by atoms with E-state index in [0.717, 1.165) is 49.4 Å². The molecule has 5 nitrogen and oxygen atoms in total. The summed E-state index contributed by atoms with van der Waals surface area (Å²) in [6.45, 7) is 4.01. The largest absolute Gasteiger partial charge is 0.466 e. The van der Waals surface area contributed by atoms with Crippen LogP contribution in [-0.4, -0.2) is 34.7 Å². The average Bonchev–Trinajstić information content (AvgIpc) is 3.23. The van der Waals surface area contributed by atoms with Gasteiger partial charge in [0, 0.05) is 19.1 Å². The summed E-state index contributed by atoms with van der Waals surface area (Å²) in [6, 6.07) is 10.3. The van der Waals surface area contributed by atoms with Crippen LogP contribution in [0.15, 0.2) is 47.1 Å². The Hall–Kier alpha value is -2.32. The first-order valence-corrected chi connectivity index (χ1v) is 10.1. The molecule has 0 saturated carbocycles. The third-order valence-corrected chi connectivity index (χ3v) is 5.72. The van der Waals surface area contributed by atoms with E-state index < -0.39 is 29.9 Å². The molecule has 2 atom stereocenters. The Morgan fingerprint density at radius 2 is 1.93 bits per heavy atom. The highest BCUT2D eigenvalue weighted by atomic mass is 19.4. The summed E-state index contributed by atoms with van der Waals surface area (Å²) in [4.78, 5) is 14.7. The maximum Gasteiger partial charge on any atom is 0.425 e. The molecular formula is C22H27F3N2O3. The van der Waals surface area contributed by atoms with Gasteiger partial charge in [-0.2, -0.15) is 13.2 Å². The van der Waals surface area contributed by atoms with Crippen molar-refractivity contribution in [3.05, 3.63) is 59.5 Å². The number of piperidine rings is 1. The average molecular weight is 424 g/mol. The summed E-state index contributed by atoms with van der Waals surface area (Å²) in [5, 5.41) is 12.7. The summed E-state index contributed by atoms with van der Waals surface area (Å²) in [5.74, 6) is -1.61. The van der Waals surface area contributed by atoms with Crippen LogP contribution in [0.4, 0.5) is 13.2 Å². The zero-order valence-electron chi connectivity index (χ0n) is 16.9. The second-order valence-corrected chi connectivity index (χ2v) is 7.87. The predicted molar refractivity (Wildman–Crippen MR) is 105 cm³/mol. The van der Waals surface area contributed by atoms with E-state index in [1.54, 1.807) is 0 Å². The molecule has 164 valence electrons. The molecule has 0 aliphatic carbocycles. The molecule has 1 saturated heterocycles. The first-order valence-electron chi connectivity index (χ1n) is 10.1. The van der Waals surface area contributed by atoms with Gasteiger partial charge in [0.15, 0.2) is 0 Å². The Balaban J connectivity index is 1.66. The molecule has 1 aliphatic heterocycles. The van der Waals surface area contributed by atoms with E-state index >= 15 is 0 Å². The van der Waals surface area contributed by atoms with Gasteiger partial charge in [0.25, 0.3) is 0 Å². The highest BCUT2D eigenvalue weighted by Gasteiger charge is 2.58. The summed E-state index contributed by atoms with van der Waals surface area (Å²) in [6.07, 6.45) is -1.69. The molecule has 0 unspecified atom stereocenters. The molecule has 1 fully saturated rings. The van der Waals surface area contributed by atoms with E-state index in [4.69, 9.17) is 4.42 Å². The first kappa shape index (κ1) is 22.4. The first-order chi connectivity index (χ1) is 14.2. The number of benzene rings is 1. The Morgan fingerprint density at radius 3 is 2.57 bits per heavy atom. The van der Waals surface area contributed by atoms with Gasteiger partial charge in [-0.25, -0.2) is 0 Å². The van der Waals surface area contributed by atoms with Gasteiger partial charge in [-0.15, -0.1) is 0 Å². The van der Waals surface area contributed by atoms with Gasteiger partial charge in [0.05, 0.1) is 12.7 Å². The van der Waals surface area contributed by atoms with E-state index in [-0.39, 0.29) is 6.54 Å². The van der Waals surface area contributed by atoms with Gasteiger partial charge in [-0.1, -0.05) is 30.7 Å². The van der Waals surface area contributed by atoms with Crippen LogP contribution in [0.1, 0.15) is 49.5 Å². The van der Waals surface area contributed by atoms with Crippen LogP contribution < -0.4 is 5.32 Å².